The number of allylic oxidation sites excluding steroid dienone is 1. The van der Waals surface area contributed by atoms with Gasteiger partial charge in [-0.15, -0.1) is 6.58 Å². The van der Waals surface area contributed by atoms with E-state index in [1.165, 1.54) is 0 Å². The van der Waals surface area contributed by atoms with Crippen molar-refractivity contribution < 1.29 is 0 Å². The van der Waals surface area contributed by atoms with Gasteiger partial charge in [0.15, 0.2) is 0 Å². The Balaban J connectivity index is 2.89. The molecule has 1 aromatic heterocycles. The van der Waals surface area contributed by atoms with Crippen LogP contribution in [0.3, 0.4) is 0 Å². The quantitative estimate of drug-likeness (QED) is 0.748. The van der Waals surface area contributed by atoms with Gasteiger partial charge in [-0.25, -0.2) is 4.98 Å². The lowest BCUT2D eigenvalue weighted by atomic mass is 10.1. The number of imidazole rings is 1. The Morgan fingerprint density at radius 3 is 2.71 bits per heavy atom. The highest BCUT2D eigenvalue weighted by atomic mass is 15.2. The maximum Gasteiger partial charge on any atom is 0.203 e. The third-order valence-electron chi connectivity index (χ3n) is 1.71. The Morgan fingerprint density at radius 1 is 1.57 bits per heavy atom. The fraction of sp³-hybridized carbons (Fsp3) is 0.545. The van der Waals surface area contributed by atoms with Crippen molar-refractivity contribution in [1.82, 2.24) is 9.55 Å². The van der Waals surface area contributed by atoms with Crippen LogP contribution in [-0.4, -0.2) is 15.1 Å². The van der Waals surface area contributed by atoms with E-state index in [-0.39, 0.29) is 5.54 Å². The summed E-state index contributed by atoms with van der Waals surface area (Å²) in [6, 6.07) is 0. The summed E-state index contributed by atoms with van der Waals surface area (Å²) in [6.07, 6.45) is 3.89. The molecule has 0 aliphatic rings. The third-order valence-corrected chi connectivity index (χ3v) is 1.71. The first-order chi connectivity index (χ1) is 6.42. The van der Waals surface area contributed by atoms with Crippen LogP contribution in [0, 0.1) is 6.92 Å². The maximum absolute atomic E-state index is 4.42. The van der Waals surface area contributed by atoms with Gasteiger partial charge in [-0.3, -0.25) is 0 Å². The number of nitrogens with zero attached hydrogens (tertiary/aromatic N) is 2. The van der Waals surface area contributed by atoms with E-state index in [2.05, 4.69) is 42.2 Å². The first kappa shape index (κ1) is 10.8. The molecule has 1 aromatic rings. The van der Waals surface area contributed by atoms with Gasteiger partial charge in [0.1, 0.15) is 0 Å². The highest BCUT2D eigenvalue weighted by Gasteiger charge is 2.13. The second-order valence-corrected chi connectivity index (χ2v) is 4.52. The minimum absolute atomic E-state index is 0.0384. The Labute approximate surface area is 85.8 Å². The van der Waals surface area contributed by atoms with E-state index in [1.54, 1.807) is 0 Å². The minimum atomic E-state index is 0.0384. The molecule has 0 amide bonds. The fourth-order valence-corrected chi connectivity index (χ4v) is 1.26. The highest BCUT2D eigenvalue weighted by molar-refractivity contribution is 5.32. The molecule has 0 aromatic carbocycles. The van der Waals surface area contributed by atoms with Gasteiger partial charge in [0.25, 0.3) is 0 Å². The Morgan fingerprint density at radius 2 is 2.21 bits per heavy atom. The predicted molar refractivity (Wildman–Crippen MR) is 60.5 cm³/mol. The molecule has 14 heavy (non-hydrogen) atoms. The SMILES string of the molecule is C=CCn1cc(C)nc1NC(C)(C)C. The van der Waals surface area contributed by atoms with E-state index < -0.39 is 0 Å². The van der Waals surface area contributed by atoms with Gasteiger partial charge >= 0.3 is 0 Å². The standard InChI is InChI=1S/C11H19N3/c1-6-7-14-8-9(2)12-10(14)13-11(3,4)5/h6,8H,1,7H2,2-5H3,(H,12,13). The summed E-state index contributed by atoms with van der Waals surface area (Å²) in [5.41, 5.74) is 1.06. The summed E-state index contributed by atoms with van der Waals surface area (Å²) in [5.74, 6) is 0.912. The van der Waals surface area contributed by atoms with Crippen molar-refractivity contribution in [2.75, 3.05) is 5.32 Å². The molecular weight excluding hydrogens is 174 g/mol. The van der Waals surface area contributed by atoms with Crippen LogP contribution < -0.4 is 5.32 Å². The molecule has 0 saturated carbocycles. The molecule has 0 unspecified atom stereocenters. The van der Waals surface area contributed by atoms with Crippen LogP contribution >= 0.6 is 0 Å². The Kier molecular flexibility index (Phi) is 2.99. The third kappa shape index (κ3) is 2.91. The minimum Gasteiger partial charge on any atom is -0.351 e. The van der Waals surface area contributed by atoms with E-state index in [4.69, 9.17) is 0 Å². The number of hydrogen-bond acceptors (Lipinski definition) is 2. The van der Waals surface area contributed by atoms with Crippen LogP contribution in [-0.2, 0) is 6.54 Å². The lowest BCUT2D eigenvalue weighted by Crippen LogP contribution is -2.28. The number of rotatable bonds is 3. The van der Waals surface area contributed by atoms with Crippen LogP contribution in [0.1, 0.15) is 26.5 Å². The number of anilines is 1. The monoisotopic (exact) mass is 193 g/mol. The zero-order valence-electron chi connectivity index (χ0n) is 9.46. The second-order valence-electron chi connectivity index (χ2n) is 4.52. The van der Waals surface area contributed by atoms with Crippen molar-refractivity contribution in [3.63, 3.8) is 0 Å². The second kappa shape index (κ2) is 3.86. The molecule has 0 aliphatic carbocycles. The summed E-state index contributed by atoms with van der Waals surface area (Å²) < 4.78 is 2.06. The summed E-state index contributed by atoms with van der Waals surface area (Å²) in [6.45, 7) is 12.9. The lowest BCUT2D eigenvalue weighted by Gasteiger charge is -2.21. The smallest absolute Gasteiger partial charge is 0.203 e. The number of hydrogen-bond donors (Lipinski definition) is 1. The van der Waals surface area contributed by atoms with E-state index in [9.17, 15) is 0 Å². The topological polar surface area (TPSA) is 29.9 Å². The van der Waals surface area contributed by atoms with Crippen molar-refractivity contribution >= 4 is 5.95 Å². The first-order valence-corrected chi connectivity index (χ1v) is 4.85. The van der Waals surface area contributed by atoms with Crippen molar-refractivity contribution in [1.29, 1.82) is 0 Å². The van der Waals surface area contributed by atoms with Gasteiger partial charge in [-0.1, -0.05) is 6.08 Å². The van der Waals surface area contributed by atoms with Crippen LogP contribution in [0.2, 0.25) is 0 Å². The van der Waals surface area contributed by atoms with Crippen LogP contribution in [0.25, 0.3) is 0 Å². The van der Waals surface area contributed by atoms with Gasteiger partial charge < -0.3 is 9.88 Å². The van der Waals surface area contributed by atoms with Gasteiger partial charge in [-0.2, -0.15) is 0 Å². The molecule has 78 valence electrons. The lowest BCUT2D eigenvalue weighted by molar-refractivity contribution is 0.616. The summed E-state index contributed by atoms with van der Waals surface area (Å²) in [4.78, 5) is 4.42. The molecule has 1 rings (SSSR count). The molecule has 1 heterocycles. The van der Waals surface area contributed by atoms with Crippen molar-refractivity contribution in [2.24, 2.45) is 0 Å². The van der Waals surface area contributed by atoms with Crippen LogP contribution in [0.15, 0.2) is 18.9 Å². The zero-order valence-corrected chi connectivity index (χ0v) is 9.46. The molecule has 0 atom stereocenters. The first-order valence-electron chi connectivity index (χ1n) is 4.85. The molecule has 0 aliphatic heterocycles. The van der Waals surface area contributed by atoms with E-state index in [0.29, 0.717) is 0 Å². The summed E-state index contributed by atoms with van der Waals surface area (Å²) in [7, 11) is 0. The molecule has 0 spiro atoms. The van der Waals surface area contributed by atoms with E-state index in [0.717, 1.165) is 18.2 Å². The van der Waals surface area contributed by atoms with Gasteiger partial charge in [0.2, 0.25) is 5.95 Å². The van der Waals surface area contributed by atoms with E-state index in [1.807, 2.05) is 19.2 Å². The normalized spacial score (nSPS) is 11.4. The summed E-state index contributed by atoms with van der Waals surface area (Å²) in [5, 5.41) is 3.36. The Bertz CT molecular complexity index is 318. The van der Waals surface area contributed by atoms with Crippen molar-refractivity contribution in [2.45, 2.75) is 39.8 Å². The number of nitrogens with one attached hydrogen (secondary N) is 1. The van der Waals surface area contributed by atoms with Crippen molar-refractivity contribution in [3.05, 3.63) is 24.5 Å². The van der Waals surface area contributed by atoms with E-state index >= 15 is 0 Å². The molecule has 0 fully saturated rings. The zero-order chi connectivity index (χ0) is 10.8. The molecule has 1 N–H and O–H groups in total. The molecule has 0 radical (unpaired) electrons. The molecular formula is C11H19N3. The largest absolute Gasteiger partial charge is 0.351 e. The van der Waals surface area contributed by atoms with Gasteiger partial charge in [-0.05, 0) is 27.7 Å². The van der Waals surface area contributed by atoms with Crippen LogP contribution in [0.4, 0.5) is 5.95 Å². The number of aromatic nitrogens is 2. The fourth-order valence-electron chi connectivity index (χ4n) is 1.26. The average Bonchev–Trinajstić information content (AvgIpc) is 2.28. The molecule has 3 nitrogen and oxygen atoms in total. The van der Waals surface area contributed by atoms with Crippen LogP contribution in [0.5, 0.6) is 0 Å². The average molecular weight is 193 g/mol. The van der Waals surface area contributed by atoms with Crippen molar-refractivity contribution in [3.8, 4) is 0 Å². The maximum atomic E-state index is 4.42. The van der Waals surface area contributed by atoms with Gasteiger partial charge in [0.05, 0.1) is 5.69 Å². The Hall–Kier alpha value is -1.25. The van der Waals surface area contributed by atoms with Gasteiger partial charge in [0, 0.05) is 18.3 Å². The summed E-state index contributed by atoms with van der Waals surface area (Å²) >= 11 is 0. The molecule has 0 bridgehead atoms. The highest BCUT2D eigenvalue weighted by Crippen LogP contribution is 2.14. The molecule has 3 heteroatoms. The predicted octanol–water partition coefficient (Wildman–Crippen LogP) is 2.59. The molecule has 0 saturated heterocycles. The number of aryl methyl sites for hydroxylation is 1.